The Hall–Kier alpha value is -1.50. The average Bonchev–Trinajstić information content (AvgIpc) is 3.02. The lowest BCUT2D eigenvalue weighted by atomic mass is 10.1. The van der Waals surface area contributed by atoms with Crippen LogP contribution in [0.15, 0.2) is 39.4 Å². The maximum absolute atomic E-state index is 12.5. The summed E-state index contributed by atoms with van der Waals surface area (Å²) >= 11 is 9.70. The molecule has 1 aliphatic rings. The predicted molar refractivity (Wildman–Crippen MR) is 109 cm³/mol. The molecule has 0 spiro atoms. The predicted octanol–water partition coefficient (Wildman–Crippen LogP) is 4.73. The Labute approximate surface area is 167 Å². The molecule has 7 heteroatoms. The highest BCUT2D eigenvalue weighted by atomic mass is 79.9. The van der Waals surface area contributed by atoms with Gasteiger partial charge in [0.2, 0.25) is 0 Å². The number of furan rings is 1. The van der Waals surface area contributed by atoms with Crippen LogP contribution in [0.5, 0.6) is 0 Å². The van der Waals surface area contributed by atoms with E-state index in [1.165, 1.54) is 0 Å². The van der Waals surface area contributed by atoms with E-state index < -0.39 is 0 Å². The molecule has 1 fully saturated rings. The van der Waals surface area contributed by atoms with Crippen molar-refractivity contribution in [3.05, 3.63) is 45.8 Å². The second-order valence-electron chi connectivity index (χ2n) is 6.88. The molecule has 1 N–H and O–H groups in total. The van der Waals surface area contributed by atoms with Gasteiger partial charge in [-0.25, -0.2) is 0 Å². The Morgan fingerprint density at radius 3 is 2.58 bits per heavy atom. The van der Waals surface area contributed by atoms with Crippen LogP contribution in [0.4, 0.5) is 11.4 Å². The van der Waals surface area contributed by atoms with E-state index in [0.29, 0.717) is 21.3 Å². The van der Waals surface area contributed by atoms with Gasteiger partial charge in [0.1, 0.15) is 0 Å². The first-order valence-electron chi connectivity index (χ1n) is 8.76. The highest BCUT2D eigenvalue weighted by molar-refractivity contribution is 9.10. The third-order valence-corrected chi connectivity index (χ3v) is 5.08. The van der Waals surface area contributed by atoms with Crippen LogP contribution in [0.2, 0.25) is 5.02 Å². The van der Waals surface area contributed by atoms with Crippen molar-refractivity contribution in [1.29, 1.82) is 0 Å². The molecule has 2 heterocycles. The van der Waals surface area contributed by atoms with Crippen molar-refractivity contribution < 1.29 is 9.21 Å². The molecule has 1 aromatic heterocycles. The summed E-state index contributed by atoms with van der Waals surface area (Å²) in [4.78, 5) is 17.2. The first-order valence-corrected chi connectivity index (χ1v) is 9.93. The molecule has 0 saturated carbocycles. The van der Waals surface area contributed by atoms with Crippen molar-refractivity contribution in [3.63, 3.8) is 0 Å². The molecule has 1 amide bonds. The fourth-order valence-corrected chi connectivity index (χ4v) is 3.83. The SMILES string of the molecule is CC(C)CN1CCN(c2c(Cl)cccc2NC(=O)c2ccc(Br)o2)CC1. The zero-order valence-electron chi connectivity index (χ0n) is 15.0. The monoisotopic (exact) mass is 439 g/mol. The van der Waals surface area contributed by atoms with Gasteiger partial charge in [-0.05, 0) is 46.1 Å². The maximum Gasteiger partial charge on any atom is 0.291 e. The molecular formula is C19H23BrClN3O2. The standard InChI is InChI=1S/C19H23BrClN3O2/c1-13(2)12-23-8-10-24(11-9-23)18-14(21)4-3-5-15(18)22-19(25)16-6-7-17(20)26-16/h3-7,13H,8-12H2,1-2H3,(H,22,25). The van der Waals surface area contributed by atoms with Gasteiger partial charge in [0.05, 0.1) is 16.4 Å². The number of anilines is 2. The molecular weight excluding hydrogens is 418 g/mol. The number of hydrogen-bond acceptors (Lipinski definition) is 4. The molecule has 2 aromatic rings. The summed E-state index contributed by atoms with van der Waals surface area (Å²) in [6, 6.07) is 8.90. The fourth-order valence-electron chi connectivity index (χ4n) is 3.23. The third kappa shape index (κ3) is 4.61. The van der Waals surface area contributed by atoms with E-state index in [9.17, 15) is 4.79 Å². The second-order valence-corrected chi connectivity index (χ2v) is 8.06. The number of benzene rings is 1. The topological polar surface area (TPSA) is 48.7 Å². The van der Waals surface area contributed by atoms with E-state index in [1.54, 1.807) is 12.1 Å². The molecule has 1 saturated heterocycles. The van der Waals surface area contributed by atoms with Gasteiger partial charge in [-0.2, -0.15) is 0 Å². The highest BCUT2D eigenvalue weighted by Gasteiger charge is 2.23. The minimum absolute atomic E-state index is 0.254. The van der Waals surface area contributed by atoms with Gasteiger partial charge >= 0.3 is 0 Å². The van der Waals surface area contributed by atoms with E-state index >= 15 is 0 Å². The number of para-hydroxylation sites is 1. The number of carbonyl (C=O) groups excluding carboxylic acids is 1. The fraction of sp³-hybridized carbons (Fsp3) is 0.421. The lowest BCUT2D eigenvalue weighted by molar-refractivity contribution is 0.0995. The van der Waals surface area contributed by atoms with Crippen LogP contribution in [0.1, 0.15) is 24.4 Å². The number of nitrogens with one attached hydrogen (secondary N) is 1. The maximum atomic E-state index is 12.5. The second kappa shape index (κ2) is 8.46. The Balaban J connectivity index is 1.75. The van der Waals surface area contributed by atoms with Gasteiger partial charge in [-0.15, -0.1) is 0 Å². The van der Waals surface area contributed by atoms with Crippen molar-refractivity contribution in [2.24, 2.45) is 5.92 Å². The Bertz CT molecular complexity index is 770. The summed E-state index contributed by atoms with van der Waals surface area (Å²) < 4.78 is 5.86. The molecule has 5 nitrogen and oxygen atoms in total. The number of rotatable bonds is 5. The van der Waals surface area contributed by atoms with Gasteiger partial charge in [0.15, 0.2) is 10.4 Å². The van der Waals surface area contributed by atoms with Gasteiger partial charge in [0.25, 0.3) is 5.91 Å². The Morgan fingerprint density at radius 2 is 1.96 bits per heavy atom. The number of carbonyl (C=O) groups is 1. The van der Waals surface area contributed by atoms with E-state index in [2.05, 4.69) is 44.9 Å². The summed E-state index contributed by atoms with van der Waals surface area (Å²) in [6.07, 6.45) is 0. The summed E-state index contributed by atoms with van der Waals surface area (Å²) in [7, 11) is 0. The highest BCUT2D eigenvalue weighted by Crippen LogP contribution is 2.35. The van der Waals surface area contributed by atoms with Crippen LogP contribution in [0.3, 0.4) is 0 Å². The van der Waals surface area contributed by atoms with Crippen molar-refractivity contribution in [1.82, 2.24) is 4.90 Å². The van der Waals surface area contributed by atoms with Gasteiger partial charge in [-0.3, -0.25) is 9.69 Å². The summed E-state index contributed by atoms with van der Waals surface area (Å²) in [5.41, 5.74) is 1.57. The molecule has 0 atom stereocenters. The quantitative estimate of drug-likeness (QED) is 0.730. The van der Waals surface area contributed by atoms with Crippen LogP contribution in [0, 0.1) is 5.92 Å². The van der Waals surface area contributed by atoms with Gasteiger partial charge < -0.3 is 14.6 Å². The number of hydrogen-bond donors (Lipinski definition) is 1. The zero-order valence-corrected chi connectivity index (χ0v) is 17.3. The lowest BCUT2D eigenvalue weighted by Gasteiger charge is -2.38. The van der Waals surface area contributed by atoms with Crippen LogP contribution >= 0.6 is 27.5 Å². The van der Waals surface area contributed by atoms with Crippen molar-refractivity contribution in [2.75, 3.05) is 42.9 Å². The third-order valence-electron chi connectivity index (χ3n) is 4.34. The Kier molecular flexibility index (Phi) is 6.27. The van der Waals surface area contributed by atoms with Gasteiger partial charge in [-0.1, -0.05) is 31.5 Å². The number of piperazine rings is 1. The number of nitrogens with zero attached hydrogens (tertiary/aromatic N) is 2. The van der Waals surface area contributed by atoms with Crippen LogP contribution in [0.25, 0.3) is 0 Å². The van der Waals surface area contributed by atoms with E-state index in [4.69, 9.17) is 16.0 Å². The van der Waals surface area contributed by atoms with Crippen LogP contribution in [-0.4, -0.2) is 43.5 Å². The first-order chi connectivity index (χ1) is 12.4. The molecule has 3 rings (SSSR count). The van der Waals surface area contributed by atoms with Crippen molar-refractivity contribution in [2.45, 2.75) is 13.8 Å². The molecule has 0 radical (unpaired) electrons. The van der Waals surface area contributed by atoms with E-state index in [1.807, 2.05) is 18.2 Å². The largest absolute Gasteiger partial charge is 0.444 e. The summed E-state index contributed by atoms with van der Waals surface area (Å²) in [5, 5.41) is 3.57. The molecule has 0 bridgehead atoms. The molecule has 1 aromatic carbocycles. The Morgan fingerprint density at radius 1 is 1.23 bits per heavy atom. The van der Waals surface area contributed by atoms with E-state index in [0.717, 1.165) is 38.4 Å². The van der Waals surface area contributed by atoms with Crippen molar-refractivity contribution in [3.8, 4) is 0 Å². The average molecular weight is 441 g/mol. The molecule has 26 heavy (non-hydrogen) atoms. The van der Waals surface area contributed by atoms with Crippen molar-refractivity contribution >= 4 is 44.8 Å². The summed E-state index contributed by atoms with van der Waals surface area (Å²) in [6.45, 7) is 9.32. The minimum Gasteiger partial charge on any atom is -0.444 e. The van der Waals surface area contributed by atoms with Gasteiger partial charge in [0, 0.05) is 32.7 Å². The number of amides is 1. The van der Waals surface area contributed by atoms with E-state index in [-0.39, 0.29) is 11.7 Å². The first kappa shape index (κ1) is 19.3. The number of halogens is 2. The molecule has 0 aliphatic carbocycles. The van der Waals surface area contributed by atoms with Crippen LogP contribution in [-0.2, 0) is 0 Å². The zero-order chi connectivity index (χ0) is 18.7. The molecule has 1 aliphatic heterocycles. The minimum atomic E-state index is -0.294. The smallest absolute Gasteiger partial charge is 0.291 e. The normalized spacial score (nSPS) is 15.5. The molecule has 0 unspecified atom stereocenters. The summed E-state index contributed by atoms with van der Waals surface area (Å²) in [5.74, 6) is 0.617. The lowest BCUT2D eigenvalue weighted by Crippen LogP contribution is -2.47. The van der Waals surface area contributed by atoms with Crippen LogP contribution < -0.4 is 10.2 Å². The molecule has 140 valence electrons.